The quantitative estimate of drug-likeness (QED) is 0.442. The smallest absolute Gasteiger partial charge is 0.381 e. The maximum atomic E-state index is 12.2. The highest BCUT2D eigenvalue weighted by Gasteiger charge is 2.14. The molecule has 0 aliphatic rings. The van der Waals surface area contributed by atoms with Gasteiger partial charge >= 0.3 is 11.9 Å². The minimum absolute atomic E-state index is 0.0680. The van der Waals surface area contributed by atoms with Gasteiger partial charge in [0.2, 0.25) is 5.78 Å². The Morgan fingerprint density at radius 2 is 1.29 bits per heavy atom. The van der Waals surface area contributed by atoms with Crippen molar-refractivity contribution in [2.75, 3.05) is 0 Å². The van der Waals surface area contributed by atoms with Gasteiger partial charge in [-0.3, -0.25) is 4.79 Å². The van der Waals surface area contributed by atoms with E-state index in [2.05, 4.69) is 31.8 Å². The number of imidazole rings is 2. The third-order valence-corrected chi connectivity index (χ3v) is 2.65. The van der Waals surface area contributed by atoms with Gasteiger partial charge in [0, 0.05) is 11.8 Å². The first-order valence-electron chi connectivity index (χ1n) is 6.51. The lowest BCUT2D eigenvalue weighted by Crippen LogP contribution is -2.03. The number of H-pyrrole nitrogens is 2. The van der Waals surface area contributed by atoms with Crippen LogP contribution < -0.4 is 0 Å². The van der Waals surface area contributed by atoms with Crippen LogP contribution in [-0.2, 0) is 22.4 Å². The van der Waals surface area contributed by atoms with Crippen LogP contribution in [0.25, 0.3) is 0 Å². The molecule has 0 amide bonds. The number of hydrogen-bond acceptors (Lipinski definition) is 5. The minimum atomic E-state index is -1.24. The van der Waals surface area contributed by atoms with Crippen molar-refractivity contribution in [3.05, 3.63) is 35.4 Å². The second-order valence-corrected chi connectivity index (χ2v) is 4.38. The van der Waals surface area contributed by atoms with E-state index in [0.717, 1.165) is 0 Å². The molecule has 9 nitrogen and oxygen atoms in total. The van der Waals surface area contributed by atoms with Gasteiger partial charge in [-0.05, 0) is 0 Å². The first-order valence-corrected chi connectivity index (χ1v) is 6.51. The van der Waals surface area contributed by atoms with Crippen LogP contribution in [0, 0.1) is 23.7 Å². The Kier molecular flexibility index (Phi) is 5.11. The van der Waals surface area contributed by atoms with E-state index in [-0.39, 0.29) is 24.2 Å². The van der Waals surface area contributed by atoms with Gasteiger partial charge in [-0.15, -0.1) is 0 Å². The lowest BCUT2D eigenvalue weighted by atomic mass is 10.2. The molecule has 0 saturated heterocycles. The lowest BCUT2D eigenvalue weighted by molar-refractivity contribution is -0.131. The molecule has 0 aromatic carbocycles. The van der Waals surface area contributed by atoms with Crippen molar-refractivity contribution < 1.29 is 24.6 Å². The second-order valence-electron chi connectivity index (χ2n) is 4.38. The van der Waals surface area contributed by atoms with Crippen LogP contribution in [0.15, 0.2) is 12.4 Å². The standard InChI is InChI=1S/C15H10N4O5/c20-13(21)5-1-3-11-16-7-9(18-11)15(24)10-8-17-12(19-10)4-2-6-14(22)23/h7-8H,3-4H2,(H,16,18)(H,17,19)(H,20,21)(H,22,23). The van der Waals surface area contributed by atoms with E-state index >= 15 is 0 Å². The molecule has 0 saturated carbocycles. The van der Waals surface area contributed by atoms with E-state index < -0.39 is 17.7 Å². The van der Waals surface area contributed by atoms with Gasteiger partial charge in [0.15, 0.2) is 0 Å². The highest BCUT2D eigenvalue weighted by Crippen LogP contribution is 2.07. The van der Waals surface area contributed by atoms with E-state index in [0.29, 0.717) is 11.6 Å². The first-order chi connectivity index (χ1) is 11.5. The maximum Gasteiger partial charge on any atom is 0.381 e. The van der Waals surface area contributed by atoms with Gasteiger partial charge < -0.3 is 20.2 Å². The van der Waals surface area contributed by atoms with E-state index in [4.69, 9.17) is 10.2 Å². The highest BCUT2D eigenvalue weighted by molar-refractivity contribution is 6.06. The van der Waals surface area contributed by atoms with Crippen molar-refractivity contribution in [2.45, 2.75) is 12.8 Å². The first kappa shape index (κ1) is 16.5. The van der Waals surface area contributed by atoms with Crippen LogP contribution in [0.4, 0.5) is 0 Å². The van der Waals surface area contributed by atoms with Crippen molar-refractivity contribution in [2.24, 2.45) is 0 Å². The number of carbonyl (C=O) groups is 3. The average molecular weight is 326 g/mol. The molecule has 2 aromatic heterocycles. The van der Waals surface area contributed by atoms with Crippen molar-refractivity contribution in [1.29, 1.82) is 0 Å². The number of carboxylic acids is 2. The zero-order valence-corrected chi connectivity index (χ0v) is 12.1. The fraction of sp³-hybridized carbons (Fsp3) is 0.133. The van der Waals surface area contributed by atoms with E-state index in [1.165, 1.54) is 12.4 Å². The molecular formula is C15H10N4O5. The molecule has 0 radical (unpaired) electrons. The third kappa shape index (κ3) is 4.58. The summed E-state index contributed by atoms with van der Waals surface area (Å²) in [6.45, 7) is 0. The van der Waals surface area contributed by atoms with Gasteiger partial charge in [0.05, 0.1) is 25.2 Å². The van der Waals surface area contributed by atoms with Crippen LogP contribution in [0.2, 0.25) is 0 Å². The summed E-state index contributed by atoms with van der Waals surface area (Å²) in [6.07, 6.45) is 2.76. The van der Waals surface area contributed by atoms with Crippen molar-refractivity contribution in [3.8, 4) is 23.7 Å². The fourth-order valence-corrected chi connectivity index (χ4v) is 1.69. The number of aromatic amines is 2. The highest BCUT2D eigenvalue weighted by atomic mass is 16.4. The molecule has 120 valence electrons. The summed E-state index contributed by atoms with van der Waals surface area (Å²) >= 11 is 0. The normalized spacial score (nSPS) is 9.33. The summed E-state index contributed by atoms with van der Waals surface area (Å²) in [5.41, 5.74) is 0.378. The van der Waals surface area contributed by atoms with E-state index in [9.17, 15) is 14.4 Å². The molecule has 9 heteroatoms. The molecule has 2 rings (SSSR count). The molecule has 4 N–H and O–H groups in total. The molecule has 24 heavy (non-hydrogen) atoms. The van der Waals surface area contributed by atoms with Crippen LogP contribution in [0.5, 0.6) is 0 Å². The summed E-state index contributed by atoms with van der Waals surface area (Å²) in [7, 11) is 0. The largest absolute Gasteiger partial charge is 0.472 e. The van der Waals surface area contributed by atoms with E-state index in [1.807, 2.05) is 11.8 Å². The molecule has 0 aliphatic carbocycles. The van der Waals surface area contributed by atoms with Gasteiger partial charge in [0.25, 0.3) is 0 Å². The Labute approximate surface area is 135 Å². The molecule has 0 spiro atoms. The third-order valence-electron chi connectivity index (χ3n) is 2.65. The summed E-state index contributed by atoms with van der Waals surface area (Å²) < 4.78 is 0. The lowest BCUT2D eigenvalue weighted by Gasteiger charge is -1.93. The Morgan fingerprint density at radius 3 is 1.67 bits per heavy atom. The summed E-state index contributed by atoms with van der Waals surface area (Å²) in [5.74, 6) is 6.51. The fourth-order valence-electron chi connectivity index (χ4n) is 1.69. The van der Waals surface area contributed by atoms with Crippen LogP contribution in [0.3, 0.4) is 0 Å². The number of carboxylic acid groups (broad SMARTS) is 2. The van der Waals surface area contributed by atoms with Crippen LogP contribution in [0.1, 0.15) is 27.8 Å². The van der Waals surface area contributed by atoms with Gasteiger partial charge in [-0.1, -0.05) is 11.8 Å². The van der Waals surface area contributed by atoms with Crippen LogP contribution >= 0.6 is 0 Å². The Balaban J connectivity index is 2.05. The zero-order chi connectivity index (χ0) is 17.5. The Bertz CT molecular complexity index is 843. The van der Waals surface area contributed by atoms with Crippen molar-refractivity contribution in [3.63, 3.8) is 0 Å². The number of rotatable bonds is 4. The monoisotopic (exact) mass is 326 g/mol. The number of aromatic nitrogens is 4. The SMILES string of the molecule is O=C(O)C#CCc1ncc(C(=O)c2cnc(CC#CC(=O)O)[nH]2)[nH]1. The van der Waals surface area contributed by atoms with Crippen molar-refractivity contribution >= 4 is 17.7 Å². The summed E-state index contributed by atoms with van der Waals surface area (Å²) in [6, 6.07) is 0. The topological polar surface area (TPSA) is 149 Å². The number of nitrogens with zero attached hydrogens (tertiary/aromatic N) is 2. The molecule has 0 fully saturated rings. The predicted octanol–water partition coefficient (Wildman–Crippen LogP) is -0.375. The number of carbonyl (C=O) groups excluding carboxylic acids is 1. The number of aliphatic carboxylic acids is 2. The van der Waals surface area contributed by atoms with Gasteiger partial charge in [-0.2, -0.15) is 0 Å². The number of ketones is 1. The molecule has 0 atom stereocenters. The number of hydrogen-bond donors (Lipinski definition) is 4. The molecule has 0 bridgehead atoms. The molecule has 0 unspecified atom stereocenters. The number of nitrogens with one attached hydrogen (secondary N) is 2. The molecule has 0 aliphatic heterocycles. The van der Waals surface area contributed by atoms with Crippen LogP contribution in [-0.4, -0.2) is 47.9 Å². The molecule has 2 heterocycles. The zero-order valence-electron chi connectivity index (χ0n) is 12.1. The summed E-state index contributed by atoms with van der Waals surface area (Å²) in [4.78, 5) is 46.2. The Morgan fingerprint density at radius 1 is 0.875 bits per heavy atom. The molecule has 2 aromatic rings. The summed E-state index contributed by atoms with van der Waals surface area (Å²) in [5, 5.41) is 16.8. The minimum Gasteiger partial charge on any atom is -0.472 e. The average Bonchev–Trinajstić information content (AvgIpc) is 3.15. The van der Waals surface area contributed by atoms with E-state index in [1.54, 1.807) is 0 Å². The maximum absolute atomic E-state index is 12.2. The predicted molar refractivity (Wildman–Crippen MR) is 78.8 cm³/mol. The second kappa shape index (κ2) is 7.42. The Hall–Kier alpha value is -3.85. The van der Waals surface area contributed by atoms with Gasteiger partial charge in [-0.25, -0.2) is 19.6 Å². The molecular weight excluding hydrogens is 316 g/mol. The van der Waals surface area contributed by atoms with Crippen molar-refractivity contribution in [1.82, 2.24) is 19.9 Å². The van der Waals surface area contributed by atoms with Gasteiger partial charge in [0.1, 0.15) is 23.0 Å².